The Bertz CT molecular complexity index is 559. The molecule has 0 saturated heterocycles. The van der Waals surface area contributed by atoms with E-state index in [1.54, 1.807) is 0 Å². The first-order chi connectivity index (χ1) is 10.2. The summed E-state index contributed by atoms with van der Waals surface area (Å²) in [7, 11) is -4.51. The molecule has 124 valence electrons. The molecule has 0 aliphatic heterocycles. The molecular weight excluding hydrogens is 354 g/mol. The molecule has 0 radical (unpaired) electrons. The molecule has 0 fully saturated rings. The first-order valence-electron chi connectivity index (χ1n) is 6.56. The monoisotopic (exact) mass is 370 g/mol. The molecule has 1 rings (SSSR count). The quantitative estimate of drug-likeness (QED) is 0.536. The Labute approximate surface area is 138 Å². The minimum atomic E-state index is -4.51. The Balaban J connectivity index is 2.58. The summed E-state index contributed by atoms with van der Waals surface area (Å²) in [5.41, 5.74) is 0. The molecule has 1 aromatic rings. The second-order valence-electron chi connectivity index (χ2n) is 4.54. The lowest BCUT2D eigenvalue weighted by atomic mass is 10.3. The number of carbonyl (C=O) groups excluding carboxylic acids is 1. The molecule has 1 atom stereocenters. The van der Waals surface area contributed by atoms with Gasteiger partial charge in [0.1, 0.15) is 5.75 Å². The topological polar surface area (TPSA) is 93.1 Å². The van der Waals surface area contributed by atoms with Crippen molar-refractivity contribution < 1.29 is 28.6 Å². The van der Waals surface area contributed by atoms with Crippen molar-refractivity contribution in [2.45, 2.75) is 32.0 Å². The first kappa shape index (κ1) is 19.3. The number of rotatable bonds is 8. The SMILES string of the molecule is CCCCC(OC(=O)COc1ccc(Cl)cc1Cl)P(=O)(O)O. The van der Waals surface area contributed by atoms with Crippen LogP contribution in [0, 0.1) is 0 Å². The maximum absolute atomic E-state index is 11.7. The van der Waals surface area contributed by atoms with E-state index in [9.17, 15) is 19.1 Å². The zero-order chi connectivity index (χ0) is 16.8. The maximum Gasteiger partial charge on any atom is 0.365 e. The number of benzene rings is 1. The molecule has 0 heterocycles. The lowest BCUT2D eigenvalue weighted by Gasteiger charge is -2.19. The molecule has 1 aromatic carbocycles. The summed E-state index contributed by atoms with van der Waals surface area (Å²) in [6.07, 6.45) is 1.35. The van der Waals surface area contributed by atoms with Crippen molar-refractivity contribution >= 4 is 36.8 Å². The van der Waals surface area contributed by atoms with Crippen LogP contribution in [0.25, 0.3) is 0 Å². The van der Waals surface area contributed by atoms with E-state index in [1.807, 2.05) is 6.92 Å². The summed E-state index contributed by atoms with van der Waals surface area (Å²) in [6.45, 7) is 1.36. The van der Waals surface area contributed by atoms with E-state index < -0.39 is 26.0 Å². The second kappa shape index (κ2) is 8.75. The third-order valence-electron chi connectivity index (χ3n) is 2.69. The fourth-order valence-electron chi connectivity index (χ4n) is 1.59. The molecule has 6 nitrogen and oxygen atoms in total. The zero-order valence-corrected chi connectivity index (χ0v) is 14.3. The summed E-state index contributed by atoms with van der Waals surface area (Å²) in [5.74, 6) is -2.11. The number of hydrogen-bond acceptors (Lipinski definition) is 4. The minimum Gasteiger partial charge on any atom is -0.480 e. The van der Waals surface area contributed by atoms with Gasteiger partial charge in [0.2, 0.25) is 5.85 Å². The number of esters is 1. The molecule has 0 saturated carbocycles. The van der Waals surface area contributed by atoms with Crippen LogP contribution in [0.4, 0.5) is 0 Å². The van der Waals surface area contributed by atoms with Crippen molar-refractivity contribution in [3.8, 4) is 5.75 Å². The Morgan fingerprint density at radius 3 is 2.59 bits per heavy atom. The summed E-state index contributed by atoms with van der Waals surface area (Å²) in [4.78, 5) is 30.0. The van der Waals surface area contributed by atoms with Crippen molar-refractivity contribution in [3.05, 3.63) is 28.2 Å². The van der Waals surface area contributed by atoms with E-state index in [2.05, 4.69) is 0 Å². The second-order valence-corrected chi connectivity index (χ2v) is 7.14. The highest BCUT2D eigenvalue weighted by atomic mass is 35.5. The third kappa shape index (κ3) is 6.55. The molecule has 0 bridgehead atoms. The van der Waals surface area contributed by atoms with Crippen LogP contribution in [0.2, 0.25) is 10.0 Å². The highest BCUT2D eigenvalue weighted by Crippen LogP contribution is 2.44. The van der Waals surface area contributed by atoms with Crippen LogP contribution >= 0.6 is 30.8 Å². The van der Waals surface area contributed by atoms with Crippen molar-refractivity contribution in [2.24, 2.45) is 0 Å². The average molecular weight is 371 g/mol. The lowest BCUT2D eigenvalue weighted by molar-refractivity contribution is -0.148. The van der Waals surface area contributed by atoms with Crippen LogP contribution < -0.4 is 4.74 Å². The van der Waals surface area contributed by atoms with Crippen molar-refractivity contribution in [1.29, 1.82) is 0 Å². The van der Waals surface area contributed by atoms with E-state index in [1.165, 1.54) is 18.2 Å². The molecule has 22 heavy (non-hydrogen) atoms. The van der Waals surface area contributed by atoms with E-state index in [-0.39, 0.29) is 17.2 Å². The van der Waals surface area contributed by atoms with E-state index in [4.69, 9.17) is 32.7 Å². The van der Waals surface area contributed by atoms with Crippen LogP contribution in [0.15, 0.2) is 18.2 Å². The van der Waals surface area contributed by atoms with Gasteiger partial charge in [-0.1, -0.05) is 36.5 Å². The number of hydrogen-bond donors (Lipinski definition) is 2. The van der Waals surface area contributed by atoms with Crippen LogP contribution in [0.1, 0.15) is 26.2 Å². The average Bonchev–Trinajstić information content (AvgIpc) is 2.41. The molecule has 1 unspecified atom stereocenters. The van der Waals surface area contributed by atoms with Gasteiger partial charge in [0.25, 0.3) is 0 Å². The Kier molecular flexibility index (Phi) is 7.66. The highest BCUT2D eigenvalue weighted by molar-refractivity contribution is 7.52. The van der Waals surface area contributed by atoms with Gasteiger partial charge in [-0.05, 0) is 31.0 Å². The van der Waals surface area contributed by atoms with E-state index >= 15 is 0 Å². The van der Waals surface area contributed by atoms with Gasteiger partial charge in [-0.25, -0.2) is 4.79 Å². The number of ether oxygens (including phenoxy) is 2. The van der Waals surface area contributed by atoms with Crippen LogP contribution in [-0.2, 0) is 14.1 Å². The van der Waals surface area contributed by atoms with Gasteiger partial charge >= 0.3 is 13.6 Å². The van der Waals surface area contributed by atoms with E-state index in [0.29, 0.717) is 11.4 Å². The Morgan fingerprint density at radius 2 is 2.05 bits per heavy atom. The predicted octanol–water partition coefficient (Wildman–Crippen LogP) is 3.61. The molecule has 2 N–H and O–H groups in total. The van der Waals surface area contributed by atoms with Crippen LogP contribution in [0.3, 0.4) is 0 Å². The maximum atomic E-state index is 11.7. The van der Waals surface area contributed by atoms with E-state index in [0.717, 1.165) is 6.42 Å². The van der Waals surface area contributed by atoms with Gasteiger partial charge in [-0.2, -0.15) is 0 Å². The fourth-order valence-corrected chi connectivity index (χ4v) is 2.83. The number of unbranched alkanes of at least 4 members (excludes halogenated alkanes) is 1. The minimum absolute atomic E-state index is 0.0915. The summed E-state index contributed by atoms with van der Waals surface area (Å²) >= 11 is 11.6. The Morgan fingerprint density at radius 1 is 1.36 bits per heavy atom. The summed E-state index contributed by atoms with van der Waals surface area (Å²) in [6, 6.07) is 4.47. The molecule has 0 aromatic heterocycles. The largest absolute Gasteiger partial charge is 0.480 e. The van der Waals surface area contributed by atoms with Crippen LogP contribution in [-0.4, -0.2) is 28.2 Å². The van der Waals surface area contributed by atoms with Gasteiger partial charge in [0, 0.05) is 5.02 Å². The predicted molar refractivity (Wildman–Crippen MR) is 83.4 cm³/mol. The molecule has 0 aliphatic rings. The first-order valence-corrected chi connectivity index (χ1v) is 9.00. The standard InChI is InChI=1S/C13H17Cl2O6P/c1-2-3-4-13(22(17,18)19)21-12(16)8-20-11-6-5-9(14)7-10(11)15/h5-7,13H,2-4,8H2,1H3,(H2,17,18,19). The van der Waals surface area contributed by atoms with Gasteiger partial charge in [0.05, 0.1) is 5.02 Å². The van der Waals surface area contributed by atoms with Gasteiger partial charge < -0.3 is 19.3 Å². The summed E-state index contributed by atoms with van der Waals surface area (Å²) < 4.78 is 21.2. The molecule has 0 amide bonds. The summed E-state index contributed by atoms with van der Waals surface area (Å²) in [5, 5.41) is 0.638. The van der Waals surface area contributed by atoms with Gasteiger partial charge in [0.15, 0.2) is 6.61 Å². The number of carbonyl (C=O) groups is 1. The van der Waals surface area contributed by atoms with Gasteiger partial charge in [-0.3, -0.25) is 4.57 Å². The fraction of sp³-hybridized carbons (Fsp3) is 0.462. The highest BCUT2D eigenvalue weighted by Gasteiger charge is 2.32. The van der Waals surface area contributed by atoms with Crippen molar-refractivity contribution in [2.75, 3.05) is 6.61 Å². The molecule has 0 aliphatic carbocycles. The third-order valence-corrected chi connectivity index (χ3v) is 4.33. The lowest BCUT2D eigenvalue weighted by Crippen LogP contribution is -2.23. The smallest absolute Gasteiger partial charge is 0.365 e. The molecular formula is C13H17Cl2O6P. The van der Waals surface area contributed by atoms with Crippen molar-refractivity contribution in [3.63, 3.8) is 0 Å². The number of halogens is 2. The normalized spacial score (nSPS) is 12.8. The molecule has 0 spiro atoms. The zero-order valence-electron chi connectivity index (χ0n) is 11.9. The van der Waals surface area contributed by atoms with Crippen molar-refractivity contribution in [1.82, 2.24) is 0 Å². The van der Waals surface area contributed by atoms with Gasteiger partial charge in [-0.15, -0.1) is 0 Å². The van der Waals surface area contributed by atoms with Crippen LogP contribution in [0.5, 0.6) is 5.75 Å². The molecule has 9 heteroatoms. The Hall–Kier alpha value is -0.780.